The lowest BCUT2D eigenvalue weighted by Gasteiger charge is -2.37. The fraction of sp³-hybridized carbons (Fsp3) is 0.600. The molecule has 2 aliphatic heterocycles. The summed E-state index contributed by atoms with van der Waals surface area (Å²) in [6.45, 7) is 3.94. The van der Waals surface area contributed by atoms with Gasteiger partial charge in [-0.15, -0.1) is 0 Å². The second-order valence-corrected chi connectivity index (χ2v) is 5.89. The van der Waals surface area contributed by atoms with E-state index in [1.165, 1.54) is 18.9 Å². The Kier molecular flexibility index (Phi) is 4.07. The third-order valence-electron chi connectivity index (χ3n) is 4.58. The summed E-state index contributed by atoms with van der Waals surface area (Å²) in [4.78, 5) is 13.1. The first-order chi connectivity index (χ1) is 10.2. The van der Waals surface area contributed by atoms with Gasteiger partial charge < -0.3 is 10.1 Å². The lowest BCUT2D eigenvalue weighted by molar-refractivity contribution is -0.385. The van der Waals surface area contributed by atoms with Crippen molar-refractivity contribution in [3.05, 3.63) is 33.9 Å². The van der Waals surface area contributed by atoms with Crippen molar-refractivity contribution in [2.75, 3.05) is 26.7 Å². The molecule has 0 aliphatic carbocycles. The number of methoxy groups -OCH3 is 1. The SMILES string of the molecule is COc1cc(CN2CCCC3CNCC32)cc([N+](=O)[O-])c1. The summed E-state index contributed by atoms with van der Waals surface area (Å²) in [5, 5.41) is 14.5. The zero-order chi connectivity index (χ0) is 14.8. The topological polar surface area (TPSA) is 67.6 Å². The van der Waals surface area contributed by atoms with Crippen molar-refractivity contribution in [3.63, 3.8) is 0 Å². The molecule has 21 heavy (non-hydrogen) atoms. The summed E-state index contributed by atoms with van der Waals surface area (Å²) >= 11 is 0. The highest BCUT2D eigenvalue weighted by molar-refractivity contribution is 5.42. The molecule has 2 saturated heterocycles. The third-order valence-corrected chi connectivity index (χ3v) is 4.58. The average Bonchev–Trinajstić information content (AvgIpc) is 2.96. The molecule has 114 valence electrons. The van der Waals surface area contributed by atoms with Crippen LogP contribution in [0.25, 0.3) is 0 Å². The van der Waals surface area contributed by atoms with Gasteiger partial charge in [-0.3, -0.25) is 15.0 Å². The molecule has 3 rings (SSSR count). The lowest BCUT2D eigenvalue weighted by atomic mass is 9.91. The molecule has 0 saturated carbocycles. The fourth-order valence-corrected chi connectivity index (χ4v) is 3.55. The van der Waals surface area contributed by atoms with E-state index in [1.807, 2.05) is 6.07 Å². The van der Waals surface area contributed by atoms with E-state index in [0.717, 1.165) is 37.7 Å². The standard InChI is InChI=1S/C15H21N3O3/c1-21-14-6-11(5-13(7-14)18(19)20)10-17-4-2-3-12-8-16-9-15(12)17/h5-7,12,15-16H,2-4,8-10H2,1H3. The Bertz CT molecular complexity index is 535. The number of nitrogens with one attached hydrogen (secondary N) is 1. The van der Waals surface area contributed by atoms with E-state index in [9.17, 15) is 10.1 Å². The van der Waals surface area contributed by atoms with Crippen LogP contribution >= 0.6 is 0 Å². The highest BCUT2D eigenvalue weighted by Crippen LogP contribution is 2.29. The van der Waals surface area contributed by atoms with Crippen molar-refractivity contribution in [1.29, 1.82) is 0 Å². The number of non-ortho nitro benzene ring substituents is 1. The zero-order valence-corrected chi connectivity index (χ0v) is 12.2. The second kappa shape index (κ2) is 5.99. The molecule has 1 aromatic rings. The number of rotatable bonds is 4. The van der Waals surface area contributed by atoms with Crippen LogP contribution in [0.5, 0.6) is 5.75 Å². The molecule has 6 nitrogen and oxygen atoms in total. The van der Waals surface area contributed by atoms with Gasteiger partial charge in [0.1, 0.15) is 5.75 Å². The predicted molar refractivity (Wildman–Crippen MR) is 79.4 cm³/mol. The first-order valence-corrected chi connectivity index (χ1v) is 7.44. The summed E-state index contributed by atoms with van der Waals surface area (Å²) < 4.78 is 5.19. The molecule has 0 spiro atoms. The van der Waals surface area contributed by atoms with E-state index >= 15 is 0 Å². The van der Waals surface area contributed by atoms with Crippen LogP contribution in [0.2, 0.25) is 0 Å². The number of nitro benzene ring substituents is 1. The van der Waals surface area contributed by atoms with Crippen LogP contribution < -0.4 is 10.1 Å². The maximum atomic E-state index is 11.0. The molecule has 2 fully saturated rings. The molecule has 2 aliphatic rings. The molecule has 1 aromatic carbocycles. The monoisotopic (exact) mass is 291 g/mol. The van der Waals surface area contributed by atoms with E-state index in [4.69, 9.17) is 4.74 Å². The van der Waals surface area contributed by atoms with E-state index in [1.54, 1.807) is 13.2 Å². The van der Waals surface area contributed by atoms with Crippen LogP contribution in [0.1, 0.15) is 18.4 Å². The molecule has 0 amide bonds. The van der Waals surface area contributed by atoms with Crippen molar-refractivity contribution >= 4 is 5.69 Å². The van der Waals surface area contributed by atoms with Crippen LogP contribution in [0.3, 0.4) is 0 Å². The van der Waals surface area contributed by atoms with Gasteiger partial charge >= 0.3 is 0 Å². The molecular weight excluding hydrogens is 270 g/mol. The summed E-state index contributed by atoms with van der Waals surface area (Å²) in [6, 6.07) is 5.59. The zero-order valence-electron chi connectivity index (χ0n) is 12.2. The highest BCUT2D eigenvalue weighted by Gasteiger charge is 2.34. The van der Waals surface area contributed by atoms with E-state index in [2.05, 4.69) is 10.2 Å². The van der Waals surface area contributed by atoms with Gasteiger partial charge in [-0.1, -0.05) is 0 Å². The number of benzene rings is 1. The van der Waals surface area contributed by atoms with Crippen LogP contribution in [0.4, 0.5) is 5.69 Å². The van der Waals surface area contributed by atoms with Crippen molar-refractivity contribution in [1.82, 2.24) is 10.2 Å². The van der Waals surface area contributed by atoms with Gasteiger partial charge in [0.2, 0.25) is 0 Å². The van der Waals surface area contributed by atoms with Gasteiger partial charge in [-0.2, -0.15) is 0 Å². The molecule has 2 atom stereocenters. The van der Waals surface area contributed by atoms with Crippen molar-refractivity contribution in [2.24, 2.45) is 5.92 Å². The largest absolute Gasteiger partial charge is 0.496 e. The lowest BCUT2D eigenvalue weighted by Crippen LogP contribution is -2.44. The molecule has 2 unspecified atom stereocenters. The smallest absolute Gasteiger partial charge is 0.273 e. The van der Waals surface area contributed by atoms with Crippen molar-refractivity contribution in [3.8, 4) is 5.75 Å². The maximum Gasteiger partial charge on any atom is 0.273 e. The second-order valence-electron chi connectivity index (χ2n) is 5.89. The molecule has 1 N–H and O–H groups in total. The minimum Gasteiger partial charge on any atom is -0.496 e. The molecule has 2 heterocycles. The molecule has 6 heteroatoms. The van der Waals surface area contributed by atoms with Crippen LogP contribution in [0, 0.1) is 16.0 Å². The number of fused-ring (bicyclic) bond motifs is 1. The van der Waals surface area contributed by atoms with Gasteiger partial charge in [-0.25, -0.2) is 0 Å². The Morgan fingerprint density at radius 1 is 1.43 bits per heavy atom. The maximum absolute atomic E-state index is 11.0. The van der Waals surface area contributed by atoms with Gasteiger partial charge in [0.15, 0.2) is 0 Å². The molecular formula is C15H21N3O3. The summed E-state index contributed by atoms with van der Waals surface area (Å²) in [6.07, 6.45) is 2.49. The number of ether oxygens (including phenoxy) is 1. The fourth-order valence-electron chi connectivity index (χ4n) is 3.55. The Morgan fingerprint density at radius 2 is 2.29 bits per heavy atom. The number of hydrogen-bond donors (Lipinski definition) is 1. The Morgan fingerprint density at radius 3 is 3.05 bits per heavy atom. The summed E-state index contributed by atoms with van der Waals surface area (Å²) in [7, 11) is 1.54. The van der Waals surface area contributed by atoms with Crippen LogP contribution in [-0.4, -0.2) is 42.6 Å². The molecule has 0 bridgehead atoms. The van der Waals surface area contributed by atoms with E-state index in [0.29, 0.717) is 11.8 Å². The molecule has 0 aromatic heterocycles. The van der Waals surface area contributed by atoms with Crippen LogP contribution in [0.15, 0.2) is 18.2 Å². The first kappa shape index (κ1) is 14.3. The Labute approximate surface area is 124 Å². The van der Waals surface area contributed by atoms with E-state index < -0.39 is 0 Å². The normalized spacial score (nSPS) is 25.6. The highest BCUT2D eigenvalue weighted by atomic mass is 16.6. The number of nitrogens with zero attached hydrogens (tertiary/aromatic N) is 2. The quantitative estimate of drug-likeness (QED) is 0.676. The number of piperidine rings is 1. The number of nitro groups is 1. The van der Waals surface area contributed by atoms with Gasteiger partial charge in [0.25, 0.3) is 5.69 Å². The minimum atomic E-state index is -0.359. The van der Waals surface area contributed by atoms with E-state index in [-0.39, 0.29) is 10.6 Å². The molecule has 0 radical (unpaired) electrons. The first-order valence-electron chi connectivity index (χ1n) is 7.44. The van der Waals surface area contributed by atoms with Crippen LogP contribution in [-0.2, 0) is 6.54 Å². The van der Waals surface area contributed by atoms with Gasteiger partial charge in [0.05, 0.1) is 18.1 Å². The number of likely N-dealkylation sites (tertiary alicyclic amines) is 1. The Balaban J connectivity index is 1.80. The predicted octanol–water partition coefficient (Wildman–Crippen LogP) is 1.79. The van der Waals surface area contributed by atoms with Crippen molar-refractivity contribution < 1.29 is 9.66 Å². The average molecular weight is 291 g/mol. The Hall–Kier alpha value is -1.66. The van der Waals surface area contributed by atoms with Gasteiger partial charge in [0, 0.05) is 25.2 Å². The summed E-state index contributed by atoms with van der Waals surface area (Å²) in [5.41, 5.74) is 1.05. The number of hydrogen-bond acceptors (Lipinski definition) is 5. The van der Waals surface area contributed by atoms with Gasteiger partial charge in [-0.05, 0) is 43.5 Å². The van der Waals surface area contributed by atoms with Crippen molar-refractivity contribution in [2.45, 2.75) is 25.4 Å². The minimum absolute atomic E-state index is 0.0995. The summed E-state index contributed by atoms with van der Waals surface area (Å²) in [5.74, 6) is 1.27. The third kappa shape index (κ3) is 3.01.